The number of nitrogens with one attached hydrogen (secondary N) is 1. The van der Waals surface area contributed by atoms with E-state index in [0.29, 0.717) is 25.9 Å². The molecule has 0 aliphatic rings. The minimum absolute atomic E-state index is 0.0110. The maximum Gasteiger partial charge on any atom is 0.305 e. The van der Waals surface area contributed by atoms with E-state index in [1.165, 1.54) is 218 Å². The van der Waals surface area contributed by atoms with Crippen molar-refractivity contribution in [2.24, 2.45) is 0 Å². The van der Waals surface area contributed by atoms with Gasteiger partial charge in [0.25, 0.3) is 0 Å². The molecule has 0 aromatic rings. The van der Waals surface area contributed by atoms with E-state index in [-0.39, 0.29) is 18.5 Å². The van der Waals surface area contributed by atoms with Gasteiger partial charge in [-0.05, 0) is 51.4 Å². The third-order valence-corrected chi connectivity index (χ3v) is 13.6. The number of aliphatic hydroxyl groups is 2. The molecule has 0 aromatic heterocycles. The minimum Gasteiger partial charge on any atom is -0.466 e. The molecule has 0 rings (SSSR count). The standard InChI is InChI=1S/C58H113NO5/c1-3-5-7-9-11-13-15-17-18-19-20-21-22-23-24-25-27-30-34-38-42-46-50-56(61)55(54-60)59-57(62)51-47-43-39-35-31-28-26-29-33-37-41-45-49-53-64-58(63)52-48-44-40-36-32-16-14-12-10-8-6-4-2/h28,31,55-56,60-61H,3-27,29-30,32-54H2,1-2H3,(H,59,62)/b31-28-. The summed E-state index contributed by atoms with van der Waals surface area (Å²) in [6, 6.07) is -0.561. The summed E-state index contributed by atoms with van der Waals surface area (Å²) >= 11 is 0. The number of hydrogen-bond donors (Lipinski definition) is 3. The van der Waals surface area contributed by atoms with Gasteiger partial charge in [-0.1, -0.05) is 270 Å². The number of unbranched alkanes of at least 4 members (excludes halogenated alkanes) is 41. The van der Waals surface area contributed by atoms with Crippen LogP contribution in [0.1, 0.15) is 322 Å². The number of aliphatic hydroxyl groups excluding tert-OH is 2. The molecule has 0 aromatic carbocycles. The van der Waals surface area contributed by atoms with Crippen LogP contribution in [0.25, 0.3) is 0 Å². The zero-order valence-electron chi connectivity index (χ0n) is 43.3. The second-order valence-electron chi connectivity index (χ2n) is 20.0. The van der Waals surface area contributed by atoms with Gasteiger partial charge >= 0.3 is 5.97 Å². The molecule has 0 radical (unpaired) electrons. The Labute approximate surface area is 399 Å². The number of esters is 1. The summed E-state index contributed by atoms with van der Waals surface area (Å²) in [6.07, 6.45) is 63.4. The summed E-state index contributed by atoms with van der Waals surface area (Å²) in [5, 5.41) is 23.3. The fourth-order valence-electron chi connectivity index (χ4n) is 9.11. The number of ether oxygens (including phenoxy) is 1. The highest BCUT2D eigenvalue weighted by atomic mass is 16.5. The lowest BCUT2D eigenvalue weighted by molar-refractivity contribution is -0.143. The van der Waals surface area contributed by atoms with E-state index >= 15 is 0 Å². The highest BCUT2D eigenvalue weighted by Gasteiger charge is 2.20. The SMILES string of the molecule is CCCCCCCCCCCCCCCCCCCCCCCCC(O)C(CO)NC(=O)CCCCC/C=C\CCCCCCCCOC(=O)CCCCCCCCCCCCCC. The number of carbonyl (C=O) groups is 2. The van der Waals surface area contributed by atoms with Crippen LogP contribution in [0.4, 0.5) is 0 Å². The molecule has 6 nitrogen and oxygen atoms in total. The molecular weight excluding hydrogens is 791 g/mol. The Balaban J connectivity index is 3.48. The van der Waals surface area contributed by atoms with Crippen LogP contribution in [-0.2, 0) is 14.3 Å². The van der Waals surface area contributed by atoms with Crippen LogP contribution >= 0.6 is 0 Å². The first kappa shape index (κ1) is 62.6. The van der Waals surface area contributed by atoms with Crippen molar-refractivity contribution in [1.82, 2.24) is 5.32 Å². The van der Waals surface area contributed by atoms with Gasteiger partial charge in [-0.2, -0.15) is 0 Å². The lowest BCUT2D eigenvalue weighted by Crippen LogP contribution is -2.45. The third-order valence-electron chi connectivity index (χ3n) is 13.6. The van der Waals surface area contributed by atoms with Gasteiger partial charge in [0.05, 0.1) is 25.4 Å². The highest BCUT2D eigenvalue weighted by Crippen LogP contribution is 2.17. The molecule has 0 aliphatic heterocycles. The van der Waals surface area contributed by atoms with Crippen LogP contribution in [0.3, 0.4) is 0 Å². The van der Waals surface area contributed by atoms with Crippen LogP contribution < -0.4 is 5.32 Å². The van der Waals surface area contributed by atoms with Gasteiger partial charge in [0, 0.05) is 12.8 Å². The fraction of sp³-hybridized carbons (Fsp3) is 0.931. The van der Waals surface area contributed by atoms with E-state index in [9.17, 15) is 19.8 Å². The van der Waals surface area contributed by atoms with Crippen molar-refractivity contribution in [3.8, 4) is 0 Å². The largest absolute Gasteiger partial charge is 0.466 e. The Hall–Kier alpha value is -1.40. The number of allylic oxidation sites excluding steroid dienone is 2. The Kier molecular flexibility index (Phi) is 53.0. The van der Waals surface area contributed by atoms with Crippen LogP contribution in [0.5, 0.6) is 0 Å². The lowest BCUT2D eigenvalue weighted by Gasteiger charge is -2.22. The Morgan fingerprint density at radius 2 is 0.734 bits per heavy atom. The Morgan fingerprint density at radius 3 is 1.12 bits per heavy atom. The van der Waals surface area contributed by atoms with Crippen molar-refractivity contribution >= 4 is 11.9 Å². The van der Waals surface area contributed by atoms with E-state index in [1.54, 1.807) is 0 Å². The molecule has 2 atom stereocenters. The number of amides is 1. The monoisotopic (exact) mass is 904 g/mol. The predicted octanol–water partition coefficient (Wildman–Crippen LogP) is 17.7. The normalized spacial score (nSPS) is 12.6. The summed E-state index contributed by atoms with van der Waals surface area (Å²) in [6.45, 7) is 4.93. The summed E-state index contributed by atoms with van der Waals surface area (Å²) < 4.78 is 5.45. The molecule has 6 heteroatoms. The average molecular weight is 905 g/mol. The smallest absolute Gasteiger partial charge is 0.305 e. The average Bonchev–Trinajstić information content (AvgIpc) is 3.29. The second-order valence-corrected chi connectivity index (χ2v) is 20.0. The number of rotatable bonds is 54. The summed E-state index contributed by atoms with van der Waals surface area (Å²) in [5.74, 6) is -0.0723. The van der Waals surface area contributed by atoms with E-state index < -0.39 is 12.1 Å². The van der Waals surface area contributed by atoms with Crippen molar-refractivity contribution in [2.75, 3.05) is 13.2 Å². The van der Waals surface area contributed by atoms with Gasteiger partial charge in [-0.3, -0.25) is 9.59 Å². The maximum atomic E-state index is 12.5. The summed E-state index contributed by atoms with van der Waals surface area (Å²) in [5.41, 5.74) is 0. The zero-order valence-corrected chi connectivity index (χ0v) is 43.3. The molecule has 64 heavy (non-hydrogen) atoms. The van der Waals surface area contributed by atoms with Crippen LogP contribution in [0.2, 0.25) is 0 Å². The van der Waals surface area contributed by atoms with Crippen molar-refractivity contribution in [3.63, 3.8) is 0 Å². The quantitative estimate of drug-likeness (QED) is 0.0321. The minimum atomic E-state index is -0.681. The molecule has 2 unspecified atom stereocenters. The molecule has 0 aliphatic carbocycles. The van der Waals surface area contributed by atoms with Gasteiger partial charge in [0.15, 0.2) is 0 Å². The first-order valence-corrected chi connectivity index (χ1v) is 28.9. The van der Waals surface area contributed by atoms with Gasteiger partial charge < -0.3 is 20.3 Å². The summed E-state index contributed by atoms with van der Waals surface area (Å²) in [4.78, 5) is 24.5. The van der Waals surface area contributed by atoms with Gasteiger partial charge in [-0.15, -0.1) is 0 Å². The van der Waals surface area contributed by atoms with E-state index in [0.717, 1.165) is 70.6 Å². The van der Waals surface area contributed by atoms with Gasteiger partial charge in [0.1, 0.15) is 0 Å². The second kappa shape index (κ2) is 54.2. The number of hydrogen-bond acceptors (Lipinski definition) is 5. The first-order valence-electron chi connectivity index (χ1n) is 28.9. The van der Waals surface area contributed by atoms with Crippen LogP contribution in [-0.4, -0.2) is 47.4 Å². The zero-order chi connectivity index (χ0) is 46.5. The molecule has 0 spiro atoms. The van der Waals surface area contributed by atoms with Crippen molar-refractivity contribution < 1.29 is 24.5 Å². The molecular formula is C58H113NO5. The molecule has 0 bridgehead atoms. The third kappa shape index (κ3) is 50.0. The highest BCUT2D eigenvalue weighted by molar-refractivity contribution is 5.76. The van der Waals surface area contributed by atoms with E-state index in [4.69, 9.17) is 4.74 Å². The molecule has 0 saturated heterocycles. The van der Waals surface area contributed by atoms with Crippen molar-refractivity contribution in [1.29, 1.82) is 0 Å². The Bertz CT molecular complexity index is 955. The summed E-state index contributed by atoms with van der Waals surface area (Å²) in [7, 11) is 0. The van der Waals surface area contributed by atoms with Crippen LogP contribution in [0, 0.1) is 0 Å². The van der Waals surface area contributed by atoms with Crippen molar-refractivity contribution in [2.45, 2.75) is 334 Å². The van der Waals surface area contributed by atoms with E-state index in [1.807, 2.05) is 0 Å². The Morgan fingerprint density at radius 1 is 0.422 bits per heavy atom. The number of carbonyl (C=O) groups excluding carboxylic acids is 2. The maximum absolute atomic E-state index is 12.5. The molecule has 1 amide bonds. The van der Waals surface area contributed by atoms with Gasteiger partial charge in [-0.25, -0.2) is 0 Å². The molecule has 0 fully saturated rings. The molecule has 380 valence electrons. The topological polar surface area (TPSA) is 95.9 Å². The predicted molar refractivity (Wildman–Crippen MR) is 278 cm³/mol. The van der Waals surface area contributed by atoms with Crippen LogP contribution in [0.15, 0.2) is 12.2 Å². The van der Waals surface area contributed by atoms with Crippen molar-refractivity contribution in [3.05, 3.63) is 12.2 Å². The fourth-order valence-corrected chi connectivity index (χ4v) is 9.11. The lowest BCUT2D eigenvalue weighted by atomic mass is 10.0. The molecule has 3 N–H and O–H groups in total. The molecule has 0 heterocycles. The first-order chi connectivity index (χ1) is 31.5. The van der Waals surface area contributed by atoms with E-state index in [2.05, 4.69) is 31.3 Å². The molecule has 0 saturated carbocycles. The van der Waals surface area contributed by atoms with Gasteiger partial charge in [0.2, 0.25) is 5.91 Å².